The van der Waals surface area contributed by atoms with Crippen LogP contribution in [0.3, 0.4) is 0 Å². The average Bonchev–Trinajstić information content (AvgIpc) is 2.74. The zero-order chi connectivity index (χ0) is 11.8. The number of hydrogen-bond acceptors (Lipinski definition) is 3. The highest BCUT2D eigenvalue weighted by Gasteiger charge is 2.31. The first-order chi connectivity index (χ1) is 8.27. The summed E-state index contributed by atoms with van der Waals surface area (Å²) < 4.78 is 2.03. The third-order valence-corrected chi connectivity index (χ3v) is 3.85. The van der Waals surface area contributed by atoms with Crippen molar-refractivity contribution in [2.75, 3.05) is 19.6 Å². The molecule has 17 heavy (non-hydrogen) atoms. The molecule has 2 aliphatic rings. The topological polar surface area (TPSA) is 50.2 Å². The average molecular weight is 234 g/mol. The molecule has 0 aliphatic carbocycles. The van der Waals surface area contributed by atoms with E-state index in [4.69, 9.17) is 0 Å². The molecule has 3 rings (SSSR count). The Morgan fingerprint density at radius 2 is 2.12 bits per heavy atom. The van der Waals surface area contributed by atoms with E-state index in [1.165, 1.54) is 0 Å². The van der Waals surface area contributed by atoms with Crippen molar-refractivity contribution in [1.82, 2.24) is 19.8 Å². The Morgan fingerprint density at radius 1 is 1.35 bits per heavy atom. The van der Waals surface area contributed by atoms with Crippen molar-refractivity contribution in [2.45, 2.75) is 32.4 Å². The summed E-state index contributed by atoms with van der Waals surface area (Å²) in [5.41, 5.74) is 0.757. The Labute approximate surface area is 101 Å². The normalized spacial score (nSPS) is 21.7. The molecule has 2 aliphatic heterocycles. The smallest absolute Gasteiger partial charge is 0.272 e. The van der Waals surface area contributed by atoms with E-state index in [9.17, 15) is 4.79 Å². The maximum Gasteiger partial charge on any atom is 0.272 e. The van der Waals surface area contributed by atoms with E-state index in [-0.39, 0.29) is 5.91 Å². The first-order valence-corrected chi connectivity index (χ1v) is 6.31. The van der Waals surface area contributed by atoms with Gasteiger partial charge in [0.2, 0.25) is 0 Å². The Bertz CT molecular complexity index is 434. The Balaban J connectivity index is 1.83. The van der Waals surface area contributed by atoms with Crippen LogP contribution in [0.1, 0.15) is 29.2 Å². The lowest BCUT2D eigenvalue weighted by atomic mass is 10.0. The van der Waals surface area contributed by atoms with Crippen LogP contribution in [0.4, 0.5) is 0 Å². The zero-order valence-electron chi connectivity index (χ0n) is 10.1. The predicted octanol–water partition coefficient (Wildman–Crippen LogP) is 0.399. The van der Waals surface area contributed by atoms with Gasteiger partial charge in [0, 0.05) is 19.1 Å². The zero-order valence-corrected chi connectivity index (χ0v) is 10.1. The summed E-state index contributed by atoms with van der Waals surface area (Å²) in [4.78, 5) is 18.6. The second-order valence-corrected chi connectivity index (χ2v) is 4.82. The summed E-state index contributed by atoms with van der Waals surface area (Å²) in [5.74, 6) is 1.10. The molecule has 0 atom stereocenters. The molecule has 1 saturated heterocycles. The van der Waals surface area contributed by atoms with Crippen LogP contribution in [-0.2, 0) is 6.54 Å². The van der Waals surface area contributed by atoms with E-state index in [0.29, 0.717) is 6.04 Å². The minimum Gasteiger partial charge on any atom is -0.332 e. The Hall–Kier alpha value is -1.36. The predicted molar refractivity (Wildman–Crippen MR) is 63.9 cm³/mol. The molecule has 1 aromatic rings. The van der Waals surface area contributed by atoms with Crippen molar-refractivity contribution in [3.05, 3.63) is 17.7 Å². The second kappa shape index (κ2) is 4.14. The molecule has 1 amide bonds. The van der Waals surface area contributed by atoms with Gasteiger partial charge in [0.05, 0.1) is 6.20 Å². The standard InChI is InChI=1S/C12H18N4O/c1-9-14-8-11-12(17)16(7-6-15(9)11)10-2-4-13-5-3-10/h8,10,13H,2-7H2,1H3. The van der Waals surface area contributed by atoms with Gasteiger partial charge in [0.15, 0.2) is 0 Å². The lowest BCUT2D eigenvalue weighted by Gasteiger charge is -2.37. The number of carbonyl (C=O) groups excluding carboxylic acids is 1. The van der Waals surface area contributed by atoms with Gasteiger partial charge in [0.1, 0.15) is 11.5 Å². The number of nitrogens with zero attached hydrogens (tertiary/aromatic N) is 3. The second-order valence-electron chi connectivity index (χ2n) is 4.82. The Kier molecular flexibility index (Phi) is 2.63. The van der Waals surface area contributed by atoms with E-state index in [2.05, 4.69) is 10.3 Å². The van der Waals surface area contributed by atoms with E-state index < -0.39 is 0 Å². The summed E-state index contributed by atoms with van der Waals surface area (Å²) in [6.07, 6.45) is 3.85. The molecular formula is C12H18N4O. The van der Waals surface area contributed by atoms with Crippen LogP contribution in [0.25, 0.3) is 0 Å². The van der Waals surface area contributed by atoms with E-state index in [0.717, 1.165) is 50.5 Å². The van der Waals surface area contributed by atoms with Gasteiger partial charge in [-0.05, 0) is 32.9 Å². The highest BCUT2D eigenvalue weighted by atomic mass is 16.2. The molecule has 5 heteroatoms. The van der Waals surface area contributed by atoms with Gasteiger partial charge in [-0.2, -0.15) is 0 Å². The van der Waals surface area contributed by atoms with Crippen molar-refractivity contribution in [1.29, 1.82) is 0 Å². The summed E-state index contributed by atoms with van der Waals surface area (Å²) >= 11 is 0. The summed E-state index contributed by atoms with van der Waals surface area (Å²) in [6.45, 7) is 5.71. The third-order valence-electron chi connectivity index (χ3n) is 3.85. The number of aryl methyl sites for hydroxylation is 1. The fourth-order valence-electron chi connectivity index (χ4n) is 2.84. The van der Waals surface area contributed by atoms with E-state index in [1.807, 2.05) is 16.4 Å². The van der Waals surface area contributed by atoms with Gasteiger partial charge in [-0.25, -0.2) is 4.98 Å². The molecule has 0 bridgehead atoms. The van der Waals surface area contributed by atoms with Crippen molar-refractivity contribution in [3.8, 4) is 0 Å². The van der Waals surface area contributed by atoms with Crippen LogP contribution in [-0.4, -0.2) is 46.0 Å². The monoisotopic (exact) mass is 234 g/mol. The summed E-state index contributed by atoms with van der Waals surface area (Å²) in [7, 11) is 0. The number of imidazole rings is 1. The SMILES string of the molecule is Cc1ncc2n1CCN(C1CCNCC1)C2=O. The maximum absolute atomic E-state index is 12.4. The van der Waals surface area contributed by atoms with Crippen LogP contribution in [0.2, 0.25) is 0 Å². The number of carbonyl (C=O) groups is 1. The van der Waals surface area contributed by atoms with Gasteiger partial charge in [0.25, 0.3) is 5.91 Å². The third kappa shape index (κ3) is 1.74. The number of rotatable bonds is 1. The Morgan fingerprint density at radius 3 is 2.88 bits per heavy atom. The summed E-state index contributed by atoms with van der Waals surface area (Å²) in [5, 5.41) is 3.34. The number of amides is 1. The van der Waals surface area contributed by atoms with Gasteiger partial charge in [-0.15, -0.1) is 0 Å². The molecule has 5 nitrogen and oxygen atoms in total. The molecule has 1 N–H and O–H groups in total. The van der Waals surface area contributed by atoms with Crippen molar-refractivity contribution in [3.63, 3.8) is 0 Å². The molecule has 0 saturated carbocycles. The lowest BCUT2D eigenvalue weighted by molar-refractivity contribution is 0.0579. The number of hydrogen-bond donors (Lipinski definition) is 1. The van der Waals surface area contributed by atoms with Crippen LogP contribution in [0, 0.1) is 6.92 Å². The minimum atomic E-state index is 0.156. The van der Waals surface area contributed by atoms with Crippen LogP contribution >= 0.6 is 0 Å². The number of nitrogens with one attached hydrogen (secondary N) is 1. The summed E-state index contributed by atoms with van der Waals surface area (Å²) in [6, 6.07) is 0.410. The van der Waals surface area contributed by atoms with Gasteiger partial charge in [-0.1, -0.05) is 0 Å². The van der Waals surface area contributed by atoms with Gasteiger partial charge in [-0.3, -0.25) is 4.79 Å². The molecular weight excluding hydrogens is 216 g/mol. The van der Waals surface area contributed by atoms with E-state index in [1.54, 1.807) is 6.20 Å². The fourth-order valence-corrected chi connectivity index (χ4v) is 2.84. The van der Waals surface area contributed by atoms with Crippen molar-refractivity contribution >= 4 is 5.91 Å². The first-order valence-electron chi connectivity index (χ1n) is 6.31. The molecule has 3 heterocycles. The molecule has 0 spiro atoms. The van der Waals surface area contributed by atoms with Crippen LogP contribution in [0.5, 0.6) is 0 Å². The molecule has 0 aromatic carbocycles. The van der Waals surface area contributed by atoms with Crippen molar-refractivity contribution < 1.29 is 4.79 Å². The number of aromatic nitrogens is 2. The quantitative estimate of drug-likeness (QED) is 0.765. The molecule has 0 unspecified atom stereocenters. The molecule has 1 fully saturated rings. The van der Waals surface area contributed by atoms with E-state index >= 15 is 0 Å². The van der Waals surface area contributed by atoms with Crippen LogP contribution < -0.4 is 5.32 Å². The van der Waals surface area contributed by atoms with Gasteiger partial charge < -0.3 is 14.8 Å². The van der Waals surface area contributed by atoms with Crippen LogP contribution in [0.15, 0.2) is 6.20 Å². The molecule has 1 aromatic heterocycles. The van der Waals surface area contributed by atoms with Gasteiger partial charge >= 0.3 is 0 Å². The highest BCUT2D eigenvalue weighted by molar-refractivity contribution is 5.93. The number of fused-ring (bicyclic) bond motifs is 1. The highest BCUT2D eigenvalue weighted by Crippen LogP contribution is 2.20. The first kappa shape index (κ1) is 10.8. The minimum absolute atomic E-state index is 0.156. The maximum atomic E-state index is 12.4. The fraction of sp³-hybridized carbons (Fsp3) is 0.667. The largest absolute Gasteiger partial charge is 0.332 e. The number of piperidine rings is 1. The molecule has 92 valence electrons. The molecule has 0 radical (unpaired) electrons. The lowest BCUT2D eigenvalue weighted by Crippen LogP contribution is -2.50. The van der Waals surface area contributed by atoms with Crippen molar-refractivity contribution in [2.24, 2.45) is 0 Å².